The summed E-state index contributed by atoms with van der Waals surface area (Å²) < 4.78 is 6.09. The molecule has 0 spiro atoms. The highest BCUT2D eigenvalue weighted by atomic mass is 16.3. The van der Waals surface area contributed by atoms with Crippen molar-refractivity contribution < 1.29 is 4.42 Å². The van der Waals surface area contributed by atoms with E-state index >= 15 is 0 Å². The molecule has 0 amide bonds. The van der Waals surface area contributed by atoms with Crippen LogP contribution in [0.3, 0.4) is 0 Å². The lowest BCUT2D eigenvalue weighted by atomic mass is 9.98. The highest BCUT2D eigenvalue weighted by Gasteiger charge is 2.22. The predicted molar refractivity (Wildman–Crippen MR) is 88.4 cm³/mol. The SMILES string of the molecule is CCCNCc1oc(CN2CCCCC2CCC)cc1C. The van der Waals surface area contributed by atoms with Crippen LogP contribution in [0.25, 0.3) is 0 Å². The molecule has 1 fully saturated rings. The van der Waals surface area contributed by atoms with Crippen LogP contribution in [-0.4, -0.2) is 24.0 Å². The van der Waals surface area contributed by atoms with Gasteiger partial charge < -0.3 is 9.73 Å². The molecule has 1 aliphatic heterocycles. The van der Waals surface area contributed by atoms with Gasteiger partial charge in [-0.2, -0.15) is 0 Å². The minimum Gasteiger partial charge on any atom is -0.463 e. The predicted octanol–water partition coefficient (Wildman–Crippen LogP) is 4.24. The molecule has 0 bridgehead atoms. The first-order valence-electron chi connectivity index (χ1n) is 8.77. The lowest BCUT2D eigenvalue weighted by Crippen LogP contribution is -2.38. The second kappa shape index (κ2) is 8.60. The molecule has 2 rings (SSSR count). The van der Waals surface area contributed by atoms with E-state index in [0.29, 0.717) is 0 Å². The third kappa shape index (κ3) is 4.86. The number of hydrogen-bond donors (Lipinski definition) is 1. The molecule has 1 aromatic heterocycles. The van der Waals surface area contributed by atoms with Gasteiger partial charge in [0.2, 0.25) is 0 Å². The molecule has 120 valence electrons. The van der Waals surface area contributed by atoms with Crippen LogP contribution in [0, 0.1) is 6.92 Å². The van der Waals surface area contributed by atoms with E-state index in [0.717, 1.165) is 37.2 Å². The molecule has 1 saturated heterocycles. The van der Waals surface area contributed by atoms with E-state index < -0.39 is 0 Å². The summed E-state index contributed by atoms with van der Waals surface area (Å²) in [5.41, 5.74) is 1.29. The Balaban J connectivity index is 1.93. The lowest BCUT2D eigenvalue weighted by molar-refractivity contribution is 0.121. The van der Waals surface area contributed by atoms with Gasteiger partial charge in [-0.15, -0.1) is 0 Å². The van der Waals surface area contributed by atoms with Crippen LogP contribution in [-0.2, 0) is 13.1 Å². The molecule has 2 heterocycles. The van der Waals surface area contributed by atoms with Gasteiger partial charge in [0.05, 0.1) is 13.1 Å². The average molecular weight is 292 g/mol. The monoisotopic (exact) mass is 292 g/mol. The molecule has 1 atom stereocenters. The van der Waals surface area contributed by atoms with Crippen LogP contribution in [0.15, 0.2) is 10.5 Å². The first kappa shape index (κ1) is 16.6. The summed E-state index contributed by atoms with van der Waals surface area (Å²) in [6, 6.07) is 3.00. The van der Waals surface area contributed by atoms with Gasteiger partial charge in [-0.05, 0) is 57.3 Å². The van der Waals surface area contributed by atoms with Crippen molar-refractivity contribution in [3.8, 4) is 0 Å². The Morgan fingerprint density at radius 1 is 1.29 bits per heavy atom. The molecule has 3 heteroatoms. The highest BCUT2D eigenvalue weighted by Crippen LogP contribution is 2.24. The molecular weight excluding hydrogens is 260 g/mol. The zero-order valence-electron chi connectivity index (χ0n) is 14.1. The van der Waals surface area contributed by atoms with Crippen molar-refractivity contribution in [3.05, 3.63) is 23.2 Å². The number of rotatable bonds is 8. The Hall–Kier alpha value is -0.800. The number of furan rings is 1. The molecular formula is C18H32N2O. The van der Waals surface area contributed by atoms with Gasteiger partial charge in [-0.25, -0.2) is 0 Å². The first-order valence-corrected chi connectivity index (χ1v) is 8.77. The lowest BCUT2D eigenvalue weighted by Gasteiger charge is -2.35. The zero-order valence-corrected chi connectivity index (χ0v) is 14.1. The maximum Gasteiger partial charge on any atom is 0.120 e. The van der Waals surface area contributed by atoms with Crippen molar-refractivity contribution in [3.63, 3.8) is 0 Å². The minimum absolute atomic E-state index is 0.760. The first-order chi connectivity index (χ1) is 10.2. The van der Waals surface area contributed by atoms with Gasteiger partial charge >= 0.3 is 0 Å². The van der Waals surface area contributed by atoms with Gasteiger partial charge in [0.1, 0.15) is 11.5 Å². The van der Waals surface area contributed by atoms with Crippen molar-refractivity contribution in [2.45, 2.75) is 78.4 Å². The molecule has 0 radical (unpaired) electrons. The minimum atomic E-state index is 0.760. The third-order valence-electron chi connectivity index (χ3n) is 4.51. The number of hydrogen-bond acceptors (Lipinski definition) is 3. The second-order valence-electron chi connectivity index (χ2n) is 6.40. The number of nitrogens with one attached hydrogen (secondary N) is 1. The number of aryl methyl sites for hydroxylation is 1. The number of piperidine rings is 1. The quantitative estimate of drug-likeness (QED) is 0.726. The molecule has 1 unspecified atom stereocenters. The molecule has 0 saturated carbocycles. The van der Waals surface area contributed by atoms with Crippen LogP contribution in [0.1, 0.15) is 69.5 Å². The van der Waals surface area contributed by atoms with E-state index in [-0.39, 0.29) is 0 Å². The summed E-state index contributed by atoms with van der Waals surface area (Å²) in [5, 5.41) is 3.43. The van der Waals surface area contributed by atoms with Crippen molar-refractivity contribution in [1.82, 2.24) is 10.2 Å². The van der Waals surface area contributed by atoms with E-state index in [1.165, 1.54) is 50.6 Å². The van der Waals surface area contributed by atoms with E-state index in [9.17, 15) is 0 Å². The summed E-state index contributed by atoms with van der Waals surface area (Å²) in [5.74, 6) is 2.26. The van der Waals surface area contributed by atoms with Gasteiger partial charge in [-0.1, -0.05) is 26.7 Å². The van der Waals surface area contributed by atoms with E-state index in [4.69, 9.17) is 4.42 Å². The Labute approximate surface area is 130 Å². The molecule has 0 aromatic carbocycles. The van der Waals surface area contributed by atoms with Gasteiger partial charge in [0.25, 0.3) is 0 Å². The maximum absolute atomic E-state index is 6.09. The number of nitrogens with zero attached hydrogens (tertiary/aromatic N) is 1. The highest BCUT2D eigenvalue weighted by molar-refractivity contribution is 5.20. The molecule has 1 N–H and O–H groups in total. The topological polar surface area (TPSA) is 28.4 Å². The maximum atomic E-state index is 6.09. The molecule has 1 aromatic rings. The summed E-state index contributed by atoms with van der Waals surface area (Å²) in [7, 11) is 0. The Bertz CT molecular complexity index is 411. The van der Waals surface area contributed by atoms with Gasteiger partial charge in [0.15, 0.2) is 0 Å². The average Bonchev–Trinajstić information content (AvgIpc) is 2.82. The summed E-state index contributed by atoms with van der Waals surface area (Å²) in [4.78, 5) is 2.63. The van der Waals surface area contributed by atoms with Crippen LogP contribution in [0.5, 0.6) is 0 Å². The fourth-order valence-electron chi connectivity index (χ4n) is 3.35. The Morgan fingerprint density at radius 2 is 2.14 bits per heavy atom. The van der Waals surface area contributed by atoms with E-state index in [2.05, 4.69) is 37.1 Å². The van der Waals surface area contributed by atoms with Crippen molar-refractivity contribution >= 4 is 0 Å². The Morgan fingerprint density at radius 3 is 2.90 bits per heavy atom. The third-order valence-corrected chi connectivity index (χ3v) is 4.51. The molecule has 3 nitrogen and oxygen atoms in total. The number of likely N-dealkylation sites (tertiary alicyclic amines) is 1. The summed E-state index contributed by atoms with van der Waals surface area (Å²) >= 11 is 0. The molecule has 21 heavy (non-hydrogen) atoms. The normalized spacial score (nSPS) is 20.0. The Kier molecular flexibility index (Phi) is 6.78. The van der Waals surface area contributed by atoms with Crippen LogP contribution >= 0.6 is 0 Å². The largest absolute Gasteiger partial charge is 0.463 e. The standard InChI is InChI=1S/C18H32N2O/c1-4-8-16-9-6-7-11-20(16)14-17-12-15(3)18(21-17)13-19-10-5-2/h12,16,19H,4-11,13-14H2,1-3H3. The van der Waals surface area contributed by atoms with E-state index in [1.807, 2.05) is 0 Å². The van der Waals surface area contributed by atoms with Crippen molar-refractivity contribution in [2.75, 3.05) is 13.1 Å². The summed E-state index contributed by atoms with van der Waals surface area (Å²) in [6.07, 6.45) is 7.86. The van der Waals surface area contributed by atoms with Gasteiger partial charge in [0, 0.05) is 6.04 Å². The summed E-state index contributed by atoms with van der Waals surface area (Å²) in [6.45, 7) is 10.8. The van der Waals surface area contributed by atoms with Crippen LogP contribution in [0.2, 0.25) is 0 Å². The molecule has 0 aliphatic carbocycles. The molecule has 1 aliphatic rings. The van der Waals surface area contributed by atoms with E-state index in [1.54, 1.807) is 0 Å². The fraction of sp³-hybridized carbons (Fsp3) is 0.778. The van der Waals surface area contributed by atoms with Crippen molar-refractivity contribution in [1.29, 1.82) is 0 Å². The van der Waals surface area contributed by atoms with Crippen LogP contribution < -0.4 is 5.32 Å². The zero-order chi connectivity index (χ0) is 15.1. The van der Waals surface area contributed by atoms with Crippen molar-refractivity contribution in [2.24, 2.45) is 0 Å². The fourth-order valence-corrected chi connectivity index (χ4v) is 3.35. The smallest absolute Gasteiger partial charge is 0.120 e. The van der Waals surface area contributed by atoms with Crippen LogP contribution in [0.4, 0.5) is 0 Å². The van der Waals surface area contributed by atoms with Gasteiger partial charge in [-0.3, -0.25) is 4.90 Å². The second-order valence-corrected chi connectivity index (χ2v) is 6.40.